The van der Waals surface area contributed by atoms with Crippen LogP contribution in [0.1, 0.15) is 78.1 Å². The third kappa shape index (κ3) is 31.7. The van der Waals surface area contributed by atoms with E-state index in [1.807, 2.05) is 0 Å². The average Bonchev–Trinajstić information content (AvgIpc) is 2.83. The van der Waals surface area contributed by atoms with Gasteiger partial charge in [0.25, 0.3) is 0 Å². The fourth-order valence-corrected chi connectivity index (χ4v) is 3.04. The van der Waals surface area contributed by atoms with Gasteiger partial charge in [0.2, 0.25) is 0 Å². The van der Waals surface area contributed by atoms with Gasteiger partial charge >= 0.3 is 0 Å². The van der Waals surface area contributed by atoms with E-state index in [0.717, 1.165) is 26.1 Å². The molecule has 0 aromatic carbocycles. The van der Waals surface area contributed by atoms with Gasteiger partial charge in [-0.2, -0.15) is 0 Å². The highest BCUT2D eigenvalue weighted by molar-refractivity contribution is 4.43. The quantitative estimate of drug-likeness (QED) is 0.134. The van der Waals surface area contributed by atoms with E-state index in [-0.39, 0.29) is 0 Å². The van der Waals surface area contributed by atoms with Crippen molar-refractivity contribution >= 4 is 0 Å². The molecule has 0 aromatic rings. The minimum atomic E-state index is 0.566. The lowest BCUT2D eigenvalue weighted by Crippen LogP contribution is -2.14. The second-order valence-corrected chi connectivity index (χ2v) is 8.12. The Morgan fingerprint density at radius 1 is 0.242 bits per heavy atom. The lowest BCUT2D eigenvalue weighted by atomic mass is 10.2. The number of hydrogen-bond acceptors (Lipinski definition) is 7. The van der Waals surface area contributed by atoms with Crippen molar-refractivity contribution in [3.8, 4) is 0 Å². The van der Waals surface area contributed by atoms with E-state index in [4.69, 9.17) is 33.2 Å². The number of unbranched alkanes of at least 4 members (excludes halogenated alkanes) is 8. The summed E-state index contributed by atoms with van der Waals surface area (Å²) in [5.74, 6) is 0. The van der Waals surface area contributed by atoms with Gasteiger partial charge in [0.15, 0.2) is 0 Å². The van der Waals surface area contributed by atoms with Gasteiger partial charge in [0.05, 0.1) is 79.3 Å². The van der Waals surface area contributed by atoms with Gasteiger partial charge in [-0.3, -0.25) is 0 Å². The second kappa shape index (κ2) is 31.7. The Balaban J connectivity index is 2.99. The third-order valence-electron chi connectivity index (χ3n) is 5.02. The Morgan fingerprint density at radius 2 is 0.455 bits per heavy atom. The van der Waals surface area contributed by atoms with Crippen LogP contribution in [0.3, 0.4) is 0 Å². The predicted molar refractivity (Wildman–Crippen MR) is 133 cm³/mol. The molecule has 0 aliphatic carbocycles. The van der Waals surface area contributed by atoms with Crippen molar-refractivity contribution in [2.75, 3.05) is 92.5 Å². The fourth-order valence-electron chi connectivity index (χ4n) is 3.04. The highest BCUT2D eigenvalue weighted by Gasteiger charge is 1.95. The molecule has 0 N–H and O–H groups in total. The molecule has 0 aromatic heterocycles. The van der Waals surface area contributed by atoms with Crippen LogP contribution in [0, 0.1) is 0 Å². The van der Waals surface area contributed by atoms with Crippen molar-refractivity contribution in [2.24, 2.45) is 0 Å². The summed E-state index contributed by atoms with van der Waals surface area (Å²) < 4.78 is 38.5. The molecule has 0 spiro atoms. The summed E-state index contributed by atoms with van der Waals surface area (Å²) in [5, 5.41) is 0. The minimum Gasteiger partial charge on any atom is -0.379 e. The van der Waals surface area contributed by atoms with E-state index in [9.17, 15) is 0 Å². The normalized spacial score (nSPS) is 11.5. The molecule has 0 atom stereocenters. The summed E-state index contributed by atoms with van der Waals surface area (Å²) >= 11 is 0. The topological polar surface area (TPSA) is 64.6 Å². The van der Waals surface area contributed by atoms with Crippen molar-refractivity contribution in [3.63, 3.8) is 0 Å². The van der Waals surface area contributed by atoms with Crippen molar-refractivity contribution < 1.29 is 33.2 Å². The van der Waals surface area contributed by atoms with E-state index < -0.39 is 0 Å². The molecule has 0 rings (SSSR count). The molecule has 0 aliphatic heterocycles. The molecule has 0 unspecified atom stereocenters. The Labute approximate surface area is 204 Å². The van der Waals surface area contributed by atoms with Gasteiger partial charge in [0.1, 0.15) is 0 Å². The Morgan fingerprint density at radius 3 is 0.697 bits per heavy atom. The van der Waals surface area contributed by atoms with Crippen LogP contribution < -0.4 is 0 Å². The molecule has 0 saturated heterocycles. The molecule has 0 radical (unpaired) electrons. The monoisotopic (exact) mass is 478 g/mol. The highest BCUT2D eigenvalue weighted by atomic mass is 16.6. The molecule has 0 bridgehead atoms. The van der Waals surface area contributed by atoms with Gasteiger partial charge in [-0.05, 0) is 12.8 Å². The van der Waals surface area contributed by atoms with E-state index in [2.05, 4.69) is 13.8 Å². The highest BCUT2D eigenvalue weighted by Crippen LogP contribution is 2.03. The molecular weight excluding hydrogens is 424 g/mol. The van der Waals surface area contributed by atoms with E-state index in [0.29, 0.717) is 79.3 Å². The van der Waals surface area contributed by atoms with Crippen molar-refractivity contribution in [1.29, 1.82) is 0 Å². The summed E-state index contributed by atoms with van der Waals surface area (Å²) in [7, 11) is 0. The van der Waals surface area contributed by atoms with Gasteiger partial charge in [-0.15, -0.1) is 0 Å². The SMILES string of the molecule is CCCCCCCOCCOCCOCCOCCOCCOCCOCCCCCCC. The van der Waals surface area contributed by atoms with Crippen LogP contribution in [0.5, 0.6) is 0 Å². The number of ether oxygens (including phenoxy) is 7. The molecule has 0 fully saturated rings. The summed E-state index contributed by atoms with van der Waals surface area (Å²) in [6.07, 6.45) is 12.7. The Kier molecular flexibility index (Phi) is 31.5. The first-order chi connectivity index (χ1) is 16.4. The lowest BCUT2D eigenvalue weighted by Gasteiger charge is -2.08. The summed E-state index contributed by atoms with van der Waals surface area (Å²) in [6.45, 7) is 13.3. The van der Waals surface area contributed by atoms with Gasteiger partial charge < -0.3 is 33.2 Å². The van der Waals surface area contributed by atoms with Crippen molar-refractivity contribution in [2.45, 2.75) is 78.1 Å². The Bertz CT molecular complexity index is 302. The molecule has 0 aliphatic rings. The summed E-state index contributed by atoms with van der Waals surface area (Å²) in [6, 6.07) is 0. The fraction of sp³-hybridized carbons (Fsp3) is 1.00. The second-order valence-electron chi connectivity index (χ2n) is 8.12. The molecule has 7 heteroatoms. The van der Waals surface area contributed by atoms with Crippen LogP contribution in [0.15, 0.2) is 0 Å². The molecule has 0 heterocycles. The predicted octanol–water partition coefficient (Wildman–Crippen LogP) is 5.04. The van der Waals surface area contributed by atoms with Gasteiger partial charge in [-0.25, -0.2) is 0 Å². The largest absolute Gasteiger partial charge is 0.379 e. The summed E-state index contributed by atoms with van der Waals surface area (Å²) in [4.78, 5) is 0. The Hall–Kier alpha value is -0.280. The molecule has 0 saturated carbocycles. The van der Waals surface area contributed by atoms with Crippen LogP contribution in [0.25, 0.3) is 0 Å². The first-order valence-corrected chi connectivity index (χ1v) is 13.5. The molecule has 33 heavy (non-hydrogen) atoms. The zero-order chi connectivity index (χ0) is 23.9. The van der Waals surface area contributed by atoms with Crippen LogP contribution in [-0.2, 0) is 33.2 Å². The molecule has 0 amide bonds. The standard InChI is InChI=1S/C26H54O7/c1-3-5-7-9-11-13-27-15-17-29-19-21-31-23-25-33-26-24-32-22-20-30-18-16-28-14-12-10-8-6-4-2/h3-26H2,1-2H3. The first-order valence-electron chi connectivity index (χ1n) is 13.5. The van der Waals surface area contributed by atoms with Crippen LogP contribution in [0.4, 0.5) is 0 Å². The number of hydrogen-bond donors (Lipinski definition) is 0. The molecule has 200 valence electrons. The first kappa shape index (κ1) is 32.7. The number of rotatable bonds is 30. The zero-order valence-corrected chi connectivity index (χ0v) is 21.8. The maximum Gasteiger partial charge on any atom is 0.0701 e. The molecular formula is C26H54O7. The van der Waals surface area contributed by atoms with Crippen LogP contribution >= 0.6 is 0 Å². The average molecular weight is 479 g/mol. The van der Waals surface area contributed by atoms with Crippen LogP contribution in [0.2, 0.25) is 0 Å². The third-order valence-corrected chi connectivity index (χ3v) is 5.02. The van der Waals surface area contributed by atoms with Gasteiger partial charge in [0, 0.05) is 13.2 Å². The van der Waals surface area contributed by atoms with Gasteiger partial charge in [-0.1, -0.05) is 65.2 Å². The maximum atomic E-state index is 5.55. The minimum absolute atomic E-state index is 0.566. The van der Waals surface area contributed by atoms with Crippen LogP contribution in [-0.4, -0.2) is 92.5 Å². The molecule has 7 nitrogen and oxygen atoms in total. The lowest BCUT2D eigenvalue weighted by molar-refractivity contribution is -0.0206. The van der Waals surface area contributed by atoms with E-state index >= 15 is 0 Å². The van der Waals surface area contributed by atoms with Crippen molar-refractivity contribution in [3.05, 3.63) is 0 Å². The maximum absolute atomic E-state index is 5.55. The summed E-state index contributed by atoms with van der Waals surface area (Å²) in [5.41, 5.74) is 0. The van der Waals surface area contributed by atoms with E-state index in [1.54, 1.807) is 0 Å². The van der Waals surface area contributed by atoms with Crippen molar-refractivity contribution in [1.82, 2.24) is 0 Å². The smallest absolute Gasteiger partial charge is 0.0701 e. The van der Waals surface area contributed by atoms with E-state index in [1.165, 1.54) is 51.4 Å². The zero-order valence-electron chi connectivity index (χ0n) is 21.8.